The van der Waals surface area contributed by atoms with Crippen LogP contribution >= 0.6 is 0 Å². The van der Waals surface area contributed by atoms with Gasteiger partial charge >= 0.3 is 23.9 Å². The minimum Gasteiger partial charge on any atom is -0.497 e. The third kappa shape index (κ3) is 9.73. The van der Waals surface area contributed by atoms with E-state index < -0.39 is 23.9 Å². The average Bonchev–Trinajstić information content (AvgIpc) is 3.06. The first kappa shape index (κ1) is 32.9. The fraction of sp³-hybridized carbons (Fsp3) is 0.176. The summed E-state index contributed by atoms with van der Waals surface area (Å²) < 4.78 is 30.2. The van der Waals surface area contributed by atoms with E-state index in [0.29, 0.717) is 36.2 Å². The van der Waals surface area contributed by atoms with Crippen molar-refractivity contribution in [1.82, 2.24) is 0 Å². The van der Waals surface area contributed by atoms with Crippen molar-refractivity contribution in [1.29, 1.82) is 0 Å². The number of benzene rings is 4. The van der Waals surface area contributed by atoms with Crippen molar-refractivity contribution in [2.24, 2.45) is 0 Å². The topological polar surface area (TPSA) is 124 Å². The van der Waals surface area contributed by atoms with Gasteiger partial charge in [0.1, 0.15) is 23.0 Å². The van der Waals surface area contributed by atoms with Crippen LogP contribution < -0.4 is 18.9 Å². The lowest BCUT2D eigenvalue weighted by molar-refractivity contribution is 0.0380. The van der Waals surface area contributed by atoms with Crippen LogP contribution in [-0.4, -0.2) is 51.3 Å². The second kappa shape index (κ2) is 16.7. The molecular formula is C34H32O10. The van der Waals surface area contributed by atoms with Crippen LogP contribution in [0.25, 0.3) is 0 Å². The molecule has 228 valence electrons. The number of esters is 4. The van der Waals surface area contributed by atoms with E-state index in [0.717, 1.165) is 0 Å². The van der Waals surface area contributed by atoms with Gasteiger partial charge in [0.15, 0.2) is 0 Å². The maximum absolute atomic E-state index is 12.0. The number of hydrogen-bond donors (Lipinski definition) is 0. The molecule has 4 aromatic carbocycles. The van der Waals surface area contributed by atoms with E-state index in [1.54, 1.807) is 72.8 Å². The summed E-state index contributed by atoms with van der Waals surface area (Å²) in [5.41, 5.74) is 1.12. The van der Waals surface area contributed by atoms with Gasteiger partial charge in [-0.25, -0.2) is 19.2 Å². The number of methoxy groups -OCH3 is 2. The van der Waals surface area contributed by atoms with Gasteiger partial charge in [-0.05, 0) is 111 Å². The van der Waals surface area contributed by atoms with E-state index in [4.69, 9.17) is 28.4 Å². The fourth-order valence-electron chi connectivity index (χ4n) is 3.57. The quantitative estimate of drug-likeness (QED) is 0.154. The lowest BCUT2D eigenvalue weighted by Crippen LogP contribution is -2.12. The van der Waals surface area contributed by atoms with Gasteiger partial charge < -0.3 is 28.4 Å². The minimum atomic E-state index is -0.710. The molecule has 0 saturated carbocycles. The Kier molecular flexibility index (Phi) is 12.5. The second-order valence-electron chi connectivity index (χ2n) is 8.73. The van der Waals surface area contributed by atoms with Crippen LogP contribution in [0, 0.1) is 0 Å². The molecule has 0 spiro atoms. The lowest BCUT2D eigenvalue weighted by atomic mass is 10.2. The normalized spacial score (nSPS) is 9.91. The van der Waals surface area contributed by atoms with Gasteiger partial charge in [0.25, 0.3) is 0 Å². The Balaban J connectivity index is 0.000000241. The molecule has 0 N–H and O–H groups in total. The zero-order valence-electron chi connectivity index (χ0n) is 24.7. The Hall–Kier alpha value is -5.64. The number of hydrogen-bond acceptors (Lipinski definition) is 10. The van der Waals surface area contributed by atoms with Crippen LogP contribution in [0.5, 0.6) is 23.0 Å². The summed E-state index contributed by atoms with van der Waals surface area (Å²) in [7, 11) is 3.06. The highest BCUT2D eigenvalue weighted by Crippen LogP contribution is 2.17. The van der Waals surface area contributed by atoms with Gasteiger partial charge in [0.2, 0.25) is 0 Å². The molecule has 0 aromatic heterocycles. The largest absolute Gasteiger partial charge is 0.497 e. The van der Waals surface area contributed by atoms with Crippen LogP contribution in [0.15, 0.2) is 97.1 Å². The third-order valence-corrected chi connectivity index (χ3v) is 5.82. The predicted molar refractivity (Wildman–Crippen MR) is 161 cm³/mol. The molecule has 0 amide bonds. The number of carbonyl (C=O) groups is 4. The highest BCUT2D eigenvalue weighted by atomic mass is 16.6. The SMILES string of the molecule is CCOc1ccc(C(=O)OC(=O)c2ccc(OCC)cc2)cc1.COc1ccc(C(=O)OC(=O)c2ccc(OC)cc2)cc1. The molecule has 0 aliphatic carbocycles. The Bertz CT molecular complexity index is 1410. The highest BCUT2D eigenvalue weighted by molar-refractivity contribution is 6.03. The first-order valence-electron chi connectivity index (χ1n) is 13.5. The van der Waals surface area contributed by atoms with Crippen molar-refractivity contribution in [3.63, 3.8) is 0 Å². The molecule has 0 unspecified atom stereocenters. The highest BCUT2D eigenvalue weighted by Gasteiger charge is 2.16. The third-order valence-electron chi connectivity index (χ3n) is 5.82. The summed E-state index contributed by atoms with van der Waals surface area (Å²) in [6, 6.07) is 25.4. The van der Waals surface area contributed by atoms with Crippen LogP contribution in [0.4, 0.5) is 0 Å². The number of carbonyl (C=O) groups excluding carboxylic acids is 4. The van der Waals surface area contributed by atoms with Crippen molar-refractivity contribution in [2.75, 3.05) is 27.4 Å². The molecule has 10 heteroatoms. The second-order valence-corrected chi connectivity index (χ2v) is 8.73. The first-order chi connectivity index (χ1) is 21.3. The Morgan fingerprint density at radius 2 is 0.636 bits per heavy atom. The van der Waals surface area contributed by atoms with Crippen LogP contribution in [0.3, 0.4) is 0 Å². The van der Waals surface area contributed by atoms with E-state index in [9.17, 15) is 19.2 Å². The molecule has 44 heavy (non-hydrogen) atoms. The van der Waals surface area contributed by atoms with E-state index in [-0.39, 0.29) is 22.3 Å². The summed E-state index contributed by atoms with van der Waals surface area (Å²) in [4.78, 5) is 47.6. The van der Waals surface area contributed by atoms with Crippen molar-refractivity contribution in [2.45, 2.75) is 13.8 Å². The van der Waals surface area contributed by atoms with E-state index in [1.165, 1.54) is 38.5 Å². The van der Waals surface area contributed by atoms with Gasteiger partial charge in [-0.2, -0.15) is 0 Å². The van der Waals surface area contributed by atoms with Crippen LogP contribution in [0.2, 0.25) is 0 Å². The molecule has 0 heterocycles. The van der Waals surface area contributed by atoms with E-state index in [1.807, 2.05) is 13.8 Å². The Morgan fingerprint density at radius 3 is 0.841 bits per heavy atom. The van der Waals surface area contributed by atoms with E-state index >= 15 is 0 Å². The van der Waals surface area contributed by atoms with Crippen LogP contribution in [0.1, 0.15) is 55.3 Å². The molecule has 0 aliphatic heterocycles. The zero-order chi connectivity index (χ0) is 31.9. The number of ether oxygens (including phenoxy) is 6. The summed E-state index contributed by atoms with van der Waals surface area (Å²) >= 11 is 0. The molecule has 4 rings (SSSR count). The molecule has 10 nitrogen and oxygen atoms in total. The summed E-state index contributed by atoms with van der Waals surface area (Å²) in [6.45, 7) is 4.83. The van der Waals surface area contributed by atoms with Gasteiger partial charge in [0, 0.05) is 0 Å². The lowest BCUT2D eigenvalue weighted by Gasteiger charge is -2.06. The summed E-state index contributed by atoms with van der Waals surface area (Å²) in [6.07, 6.45) is 0. The molecule has 0 bridgehead atoms. The summed E-state index contributed by atoms with van der Waals surface area (Å²) in [5.74, 6) is -0.277. The minimum absolute atomic E-state index is 0.276. The number of rotatable bonds is 10. The van der Waals surface area contributed by atoms with Gasteiger partial charge in [-0.3, -0.25) is 0 Å². The maximum atomic E-state index is 12.0. The molecule has 4 aromatic rings. The molecule has 0 fully saturated rings. The zero-order valence-corrected chi connectivity index (χ0v) is 24.7. The molecular weight excluding hydrogens is 568 g/mol. The summed E-state index contributed by atoms with van der Waals surface area (Å²) in [5, 5.41) is 0. The smallest absolute Gasteiger partial charge is 0.346 e. The maximum Gasteiger partial charge on any atom is 0.346 e. The molecule has 0 saturated heterocycles. The van der Waals surface area contributed by atoms with Crippen molar-refractivity contribution in [3.8, 4) is 23.0 Å². The predicted octanol–water partition coefficient (Wildman–Crippen LogP) is 6.18. The van der Waals surface area contributed by atoms with Gasteiger partial charge in [-0.1, -0.05) is 0 Å². The average molecular weight is 601 g/mol. The molecule has 0 atom stereocenters. The Labute approximate surface area is 255 Å². The fourth-order valence-corrected chi connectivity index (χ4v) is 3.57. The Morgan fingerprint density at radius 1 is 0.409 bits per heavy atom. The van der Waals surface area contributed by atoms with Crippen molar-refractivity contribution in [3.05, 3.63) is 119 Å². The molecule has 0 radical (unpaired) electrons. The standard InChI is InChI=1S/C18H18O5.C16H14O5/c1-3-21-15-9-5-13(6-10-15)17(19)23-18(20)14-7-11-16(12-8-14)22-4-2;1-19-13-7-3-11(4-8-13)15(17)21-16(18)12-5-9-14(20-2)10-6-12/h5-12H,3-4H2,1-2H3;3-10H,1-2H3. The first-order valence-corrected chi connectivity index (χ1v) is 13.5. The van der Waals surface area contributed by atoms with Crippen molar-refractivity contribution < 1.29 is 47.6 Å². The monoisotopic (exact) mass is 600 g/mol. The van der Waals surface area contributed by atoms with E-state index in [2.05, 4.69) is 0 Å². The van der Waals surface area contributed by atoms with Gasteiger partial charge in [0.05, 0.1) is 49.7 Å². The van der Waals surface area contributed by atoms with Crippen LogP contribution in [-0.2, 0) is 9.47 Å². The van der Waals surface area contributed by atoms with Gasteiger partial charge in [-0.15, -0.1) is 0 Å². The van der Waals surface area contributed by atoms with Crippen molar-refractivity contribution >= 4 is 23.9 Å². The molecule has 0 aliphatic rings.